The highest BCUT2D eigenvalue weighted by molar-refractivity contribution is 6.30. The summed E-state index contributed by atoms with van der Waals surface area (Å²) in [5.74, 6) is 1.03. The second-order valence-electron chi connectivity index (χ2n) is 9.87. The van der Waals surface area contributed by atoms with Gasteiger partial charge in [0.15, 0.2) is 17.3 Å². The number of ketones is 1. The summed E-state index contributed by atoms with van der Waals surface area (Å²) in [4.78, 5) is 27.7. The predicted molar refractivity (Wildman–Crippen MR) is 155 cm³/mol. The highest BCUT2D eigenvalue weighted by Crippen LogP contribution is 2.46. The van der Waals surface area contributed by atoms with E-state index in [0.717, 1.165) is 16.8 Å². The van der Waals surface area contributed by atoms with Crippen LogP contribution in [0.5, 0.6) is 17.2 Å². The number of hydrogen-bond acceptors (Lipinski definition) is 6. The smallest absolute Gasteiger partial charge is 0.254 e. The molecule has 1 aliphatic carbocycles. The minimum Gasteiger partial charge on any atom is -0.497 e. The monoisotopic (exact) mass is 558 g/mol. The first-order valence-corrected chi connectivity index (χ1v) is 13.4. The maximum absolute atomic E-state index is 13.9. The SMILES string of the molecule is COc1ccc(NC(=O)C2=C(C)NC3=C(C(=O)C[C@@H](c4ccc(OC)c(OC)c4)C3)[C@@H]2c2cccc(Cl)c2)cc1. The van der Waals surface area contributed by atoms with Crippen LogP contribution >= 0.6 is 11.6 Å². The minimum absolute atomic E-state index is 0.0132. The molecule has 8 heteroatoms. The van der Waals surface area contributed by atoms with Crippen LogP contribution in [0.2, 0.25) is 5.02 Å². The van der Waals surface area contributed by atoms with Crippen molar-refractivity contribution in [2.24, 2.45) is 0 Å². The summed E-state index contributed by atoms with van der Waals surface area (Å²) in [6.45, 7) is 1.87. The Morgan fingerprint density at radius 2 is 1.65 bits per heavy atom. The third-order valence-corrected chi connectivity index (χ3v) is 7.72. The molecule has 0 bridgehead atoms. The highest BCUT2D eigenvalue weighted by Gasteiger charge is 2.41. The molecule has 0 saturated heterocycles. The summed E-state index contributed by atoms with van der Waals surface area (Å²) >= 11 is 6.39. The van der Waals surface area contributed by atoms with Crippen LogP contribution in [0, 0.1) is 0 Å². The van der Waals surface area contributed by atoms with Gasteiger partial charge in [0.25, 0.3) is 5.91 Å². The Hall–Kier alpha value is -4.23. The molecule has 2 aliphatic rings. The molecule has 0 unspecified atom stereocenters. The van der Waals surface area contributed by atoms with Crippen molar-refractivity contribution in [3.8, 4) is 17.2 Å². The molecule has 40 heavy (non-hydrogen) atoms. The van der Waals surface area contributed by atoms with Crippen LogP contribution < -0.4 is 24.8 Å². The van der Waals surface area contributed by atoms with Gasteiger partial charge in [-0.05, 0) is 78.9 Å². The first-order valence-electron chi connectivity index (χ1n) is 13.0. The molecule has 206 valence electrons. The Kier molecular flexibility index (Phi) is 7.85. The summed E-state index contributed by atoms with van der Waals surface area (Å²) in [5, 5.41) is 6.95. The normalized spacial score (nSPS) is 18.6. The van der Waals surface area contributed by atoms with Crippen LogP contribution in [-0.4, -0.2) is 33.0 Å². The van der Waals surface area contributed by atoms with E-state index < -0.39 is 5.92 Å². The Labute approximate surface area is 238 Å². The fourth-order valence-electron chi connectivity index (χ4n) is 5.57. The van der Waals surface area contributed by atoms with Gasteiger partial charge in [0.05, 0.1) is 21.3 Å². The van der Waals surface area contributed by atoms with E-state index in [1.54, 1.807) is 51.7 Å². The molecule has 2 atom stereocenters. The Balaban J connectivity index is 1.53. The van der Waals surface area contributed by atoms with Crippen molar-refractivity contribution in [1.29, 1.82) is 0 Å². The van der Waals surface area contributed by atoms with E-state index in [9.17, 15) is 9.59 Å². The summed E-state index contributed by atoms with van der Waals surface area (Å²) in [6, 6.07) is 20.2. The van der Waals surface area contributed by atoms with Gasteiger partial charge in [-0.25, -0.2) is 0 Å². The number of methoxy groups -OCH3 is 3. The van der Waals surface area contributed by atoms with E-state index in [0.29, 0.717) is 57.6 Å². The van der Waals surface area contributed by atoms with Crippen molar-refractivity contribution >= 4 is 29.0 Å². The third kappa shape index (κ3) is 5.29. The number of amides is 1. The molecule has 5 rings (SSSR count). The zero-order chi connectivity index (χ0) is 28.4. The largest absolute Gasteiger partial charge is 0.497 e. The van der Waals surface area contributed by atoms with Gasteiger partial charge >= 0.3 is 0 Å². The molecular weight excluding hydrogens is 528 g/mol. The number of allylic oxidation sites excluding steroid dienone is 3. The number of Topliss-reactive ketones (excluding diaryl/α,β-unsaturated/α-hetero) is 1. The van der Waals surface area contributed by atoms with Crippen molar-refractivity contribution < 1.29 is 23.8 Å². The van der Waals surface area contributed by atoms with Crippen molar-refractivity contribution in [3.63, 3.8) is 0 Å². The zero-order valence-electron chi connectivity index (χ0n) is 22.8. The van der Waals surface area contributed by atoms with Crippen LogP contribution in [0.25, 0.3) is 0 Å². The van der Waals surface area contributed by atoms with E-state index in [1.165, 1.54) is 0 Å². The topological polar surface area (TPSA) is 85.9 Å². The molecule has 1 aliphatic heterocycles. The average molecular weight is 559 g/mol. The lowest BCUT2D eigenvalue weighted by atomic mass is 9.71. The fourth-order valence-corrected chi connectivity index (χ4v) is 5.77. The molecule has 0 saturated carbocycles. The maximum atomic E-state index is 13.9. The fraction of sp³-hybridized carbons (Fsp3) is 0.250. The molecule has 3 aromatic carbocycles. The average Bonchev–Trinajstić information content (AvgIpc) is 2.96. The van der Waals surface area contributed by atoms with Crippen molar-refractivity contribution in [2.45, 2.75) is 31.6 Å². The number of carbonyl (C=O) groups excluding carboxylic acids is 2. The second kappa shape index (κ2) is 11.5. The number of dihydropyridines is 1. The van der Waals surface area contributed by atoms with Gasteiger partial charge in [-0.1, -0.05) is 29.8 Å². The van der Waals surface area contributed by atoms with Crippen LogP contribution in [0.1, 0.15) is 42.7 Å². The van der Waals surface area contributed by atoms with Gasteiger partial charge in [-0.15, -0.1) is 0 Å². The Bertz CT molecular complexity index is 1530. The highest BCUT2D eigenvalue weighted by atomic mass is 35.5. The molecule has 0 aromatic heterocycles. The molecule has 1 heterocycles. The number of ether oxygens (including phenoxy) is 3. The van der Waals surface area contributed by atoms with Crippen molar-refractivity contribution in [3.05, 3.63) is 105 Å². The van der Waals surface area contributed by atoms with E-state index in [4.69, 9.17) is 25.8 Å². The standard InChI is InChI=1S/C32H31ClN2O5/c1-18-29(32(37)35-23-9-11-24(38-2)12-10-23)30(20-6-5-7-22(33)14-20)31-25(34-18)15-21(16-26(31)36)19-8-13-27(39-3)28(17-19)40-4/h5-14,17,21,30,34H,15-16H2,1-4H3,(H,35,37)/t21-,30+/m0/s1. The van der Waals surface area contributed by atoms with E-state index in [-0.39, 0.29) is 17.6 Å². The van der Waals surface area contributed by atoms with Crippen molar-refractivity contribution in [2.75, 3.05) is 26.6 Å². The number of benzene rings is 3. The Morgan fingerprint density at radius 3 is 2.33 bits per heavy atom. The van der Waals surface area contributed by atoms with Gasteiger partial charge < -0.3 is 24.8 Å². The lowest BCUT2D eigenvalue weighted by Crippen LogP contribution is -2.37. The zero-order valence-corrected chi connectivity index (χ0v) is 23.6. The van der Waals surface area contributed by atoms with Gasteiger partial charge in [0.1, 0.15) is 5.75 Å². The molecular formula is C32H31ClN2O5. The molecule has 7 nitrogen and oxygen atoms in total. The molecule has 1 amide bonds. The molecule has 0 fully saturated rings. The lowest BCUT2D eigenvalue weighted by Gasteiger charge is -2.37. The van der Waals surface area contributed by atoms with Crippen LogP contribution in [0.15, 0.2) is 89.3 Å². The quantitative estimate of drug-likeness (QED) is 0.351. The minimum atomic E-state index is -0.563. The van der Waals surface area contributed by atoms with E-state index >= 15 is 0 Å². The maximum Gasteiger partial charge on any atom is 0.254 e. The molecule has 0 spiro atoms. The van der Waals surface area contributed by atoms with E-state index in [2.05, 4.69) is 10.6 Å². The number of rotatable bonds is 7. The van der Waals surface area contributed by atoms with E-state index in [1.807, 2.05) is 43.3 Å². The summed E-state index contributed by atoms with van der Waals surface area (Å²) in [7, 11) is 4.78. The number of nitrogens with one attached hydrogen (secondary N) is 2. The number of carbonyl (C=O) groups is 2. The second-order valence-corrected chi connectivity index (χ2v) is 10.3. The first-order chi connectivity index (χ1) is 19.3. The lowest BCUT2D eigenvalue weighted by molar-refractivity contribution is -0.116. The van der Waals surface area contributed by atoms with Crippen LogP contribution in [0.4, 0.5) is 5.69 Å². The van der Waals surface area contributed by atoms with Crippen molar-refractivity contribution in [1.82, 2.24) is 5.32 Å². The molecule has 0 radical (unpaired) electrons. The summed E-state index contributed by atoms with van der Waals surface area (Å²) in [5.41, 5.74) is 5.00. The molecule has 2 N–H and O–H groups in total. The van der Waals surface area contributed by atoms with Gasteiger partial charge in [-0.3, -0.25) is 9.59 Å². The van der Waals surface area contributed by atoms with Gasteiger partial charge in [0.2, 0.25) is 0 Å². The van der Waals surface area contributed by atoms with Gasteiger partial charge in [-0.2, -0.15) is 0 Å². The Morgan fingerprint density at radius 1 is 0.900 bits per heavy atom. The number of anilines is 1. The summed E-state index contributed by atoms with van der Waals surface area (Å²) < 4.78 is 16.1. The predicted octanol–water partition coefficient (Wildman–Crippen LogP) is 6.37. The van der Waals surface area contributed by atoms with Crippen LogP contribution in [-0.2, 0) is 9.59 Å². The van der Waals surface area contributed by atoms with Gasteiger partial charge in [0, 0.05) is 45.6 Å². The molecule has 3 aromatic rings. The number of halogens is 1. The first kappa shape index (κ1) is 27.3. The van der Waals surface area contributed by atoms with Crippen LogP contribution in [0.3, 0.4) is 0 Å². The summed E-state index contributed by atoms with van der Waals surface area (Å²) in [6.07, 6.45) is 0.915. The third-order valence-electron chi connectivity index (χ3n) is 7.48. The number of hydrogen-bond donors (Lipinski definition) is 2.